The van der Waals surface area contributed by atoms with Crippen LogP contribution in [-0.2, 0) is 6.42 Å². The van der Waals surface area contributed by atoms with E-state index in [1.165, 1.54) is 16.7 Å². The summed E-state index contributed by atoms with van der Waals surface area (Å²) in [6.07, 6.45) is 4.70. The zero-order valence-electron chi connectivity index (χ0n) is 18.6. The van der Waals surface area contributed by atoms with Crippen molar-refractivity contribution in [2.45, 2.75) is 32.2 Å². The molecule has 164 valence electrons. The van der Waals surface area contributed by atoms with Gasteiger partial charge in [0.15, 0.2) is 0 Å². The van der Waals surface area contributed by atoms with Gasteiger partial charge in [-0.2, -0.15) is 0 Å². The largest absolute Gasteiger partial charge is 0.345 e. The van der Waals surface area contributed by atoms with Gasteiger partial charge in [-0.1, -0.05) is 48.0 Å². The second-order valence-electron chi connectivity index (χ2n) is 8.48. The molecule has 5 nitrogen and oxygen atoms in total. The minimum Gasteiger partial charge on any atom is -0.345 e. The third-order valence-electron chi connectivity index (χ3n) is 6.08. The van der Waals surface area contributed by atoms with Crippen LogP contribution in [0.1, 0.15) is 45.9 Å². The molecule has 0 saturated heterocycles. The highest BCUT2D eigenvalue weighted by atomic mass is 16.1. The number of nitrogens with zero attached hydrogens (tertiary/aromatic N) is 2. The quantitative estimate of drug-likeness (QED) is 0.404. The van der Waals surface area contributed by atoms with Crippen LogP contribution in [0.3, 0.4) is 0 Å². The van der Waals surface area contributed by atoms with Gasteiger partial charge in [-0.05, 0) is 67.6 Å². The van der Waals surface area contributed by atoms with Crippen LogP contribution >= 0.6 is 0 Å². The van der Waals surface area contributed by atoms with Gasteiger partial charge in [0.2, 0.25) is 0 Å². The monoisotopic (exact) mass is 434 g/mol. The smallest absolute Gasteiger partial charge is 0.251 e. The average molecular weight is 435 g/mol. The van der Waals surface area contributed by atoms with Crippen molar-refractivity contribution >= 4 is 17.4 Å². The normalized spacial score (nSPS) is 14.9. The van der Waals surface area contributed by atoms with E-state index in [-0.39, 0.29) is 11.9 Å². The van der Waals surface area contributed by atoms with Crippen LogP contribution in [0.25, 0.3) is 11.3 Å². The first-order valence-corrected chi connectivity index (χ1v) is 11.3. The number of aryl methyl sites for hydroxylation is 2. The van der Waals surface area contributed by atoms with E-state index >= 15 is 0 Å². The van der Waals surface area contributed by atoms with Gasteiger partial charge in [0, 0.05) is 22.9 Å². The Morgan fingerprint density at radius 3 is 2.64 bits per heavy atom. The fourth-order valence-electron chi connectivity index (χ4n) is 4.39. The fourth-order valence-corrected chi connectivity index (χ4v) is 4.39. The molecular formula is C28H26N4O. The van der Waals surface area contributed by atoms with Crippen molar-refractivity contribution < 1.29 is 4.79 Å². The Bertz CT molecular complexity index is 1280. The third kappa shape index (κ3) is 4.77. The molecule has 4 aromatic rings. The average Bonchev–Trinajstić information content (AvgIpc) is 2.85. The maximum atomic E-state index is 12.9. The van der Waals surface area contributed by atoms with E-state index < -0.39 is 0 Å². The molecule has 1 amide bonds. The Kier molecular flexibility index (Phi) is 5.85. The van der Waals surface area contributed by atoms with E-state index in [1.54, 1.807) is 6.33 Å². The molecule has 0 saturated carbocycles. The molecule has 5 heteroatoms. The molecule has 0 unspecified atom stereocenters. The van der Waals surface area contributed by atoms with Crippen molar-refractivity contribution in [2.24, 2.45) is 0 Å². The Balaban J connectivity index is 1.27. The van der Waals surface area contributed by atoms with Crippen LogP contribution in [0, 0.1) is 6.92 Å². The Morgan fingerprint density at radius 1 is 0.939 bits per heavy atom. The summed E-state index contributed by atoms with van der Waals surface area (Å²) >= 11 is 0. The lowest BCUT2D eigenvalue weighted by atomic mass is 9.87. The number of carbonyl (C=O) groups excluding carboxylic acids is 1. The molecular weight excluding hydrogens is 408 g/mol. The molecule has 0 radical (unpaired) electrons. The Labute approximate surface area is 193 Å². The van der Waals surface area contributed by atoms with Gasteiger partial charge in [0.1, 0.15) is 12.1 Å². The zero-order chi connectivity index (χ0) is 22.6. The van der Waals surface area contributed by atoms with Crippen molar-refractivity contribution in [3.63, 3.8) is 0 Å². The summed E-state index contributed by atoms with van der Waals surface area (Å²) in [4.78, 5) is 21.6. The minimum atomic E-state index is -0.0491. The minimum absolute atomic E-state index is 0.0491. The molecule has 5 rings (SSSR count). The summed E-state index contributed by atoms with van der Waals surface area (Å²) in [6.45, 7) is 2.06. The lowest BCUT2D eigenvalue weighted by molar-refractivity contribution is 0.0933. The summed E-state index contributed by atoms with van der Waals surface area (Å²) in [6, 6.07) is 26.1. The van der Waals surface area contributed by atoms with Gasteiger partial charge in [0.05, 0.1) is 11.7 Å². The van der Waals surface area contributed by atoms with E-state index in [0.717, 1.165) is 36.2 Å². The third-order valence-corrected chi connectivity index (χ3v) is 6.08. The molecule has 0 spiro atoms. The first kappa shape index (κ1) is 20.9. The van der Waals surface area contributed by atoms with Gasteiger partial charge in [-0.25, -0.2) is 9.97 Å². The highest BCUT2D eigenvalue weighted by molar-refractivity contribution is 5.95. The number of amides is 1. The van der Waals surface area contributed by atoms with Crippen LogP contribution in [-0.4, -0.2) is 15.9 Å². The predicted molar refractivity (Wildman–Crippen MR) is 132 cm³/mol. The summed E-state index contributed by atoms with van der Waals surface area (Å²) in [5, 5.41) is 6.52. The van der Waals surface area contributed by atoms with Crippen molar-refractivity contribution in [3.8, 4) is 11.3 Å². The number of fused-ring (bicyclic) bond motifs is 1. The molecule has 1 aliphatic carbocycles. The molecule has 3 aromatic carbocycles. The van der Waals surface area contributed by atoms with Gasteiger partial charge in [-0.15, -0.1) is 0 Å². The highest BCUT2D eigenvalue weighted by Crippen LogP contribution is 2.30. The lowest BCUT2D eigenvalue weighted by Crippen LogP contribution is -2.30. The first-order chi connectivity index (χ1) is 16.2. The van der Waals surface area contributed by atoms with Crippen LogP contribution < -0.4 is 10.6 Å². The Morgan fingerprint density at radius 2 is 1.79 bits per heavy atom. The van der Waals surface area contributed by atoms with Crippen LogP contribution in [0.15, 0.2) is 85.2 Å². The second-order valence-corrected chi connectivity index (χ2v) is 8.48. The zero-order valence-corrected chi connectivity index (χ0v) is 18.6. The number of hydrogen-bond donors (Lipinski definition) is 2. The van der Waals surface area contributed by atoms with Crippen LogP contribution in [0.4, 0.5) is 11.5 Å². The maximum Gasteiger partial charge on any atom is 0.251 e. The summed E-state index contributed by atoms with van der Waals surface area (Å²) in [5.41, 5.74) is 7.19. The van der Waals surface area contributed by atoms with Crippen LogP contribution in [0.5, 0.6) is 0 Å². The topological polar surface area (TPSA) is 66.9 Å². The maximum absolute atomic E-state index is 12.9. The van der Waals surface area contributed by atoms with E-state index in [1.807, 2.05) is 48.5 Å². The number of benzene rings is 3. The molecule has 0 bridgehead atoms. The number of anilines is 2. The van der Waals surface area contributed by atoms with E-state index in [4.69, 9.17) is 0 Å². The predicted octanol–water partition coefficient (Wildman–Crippen LogP) is 6.00. The summed E-state index contributed by atoms with van der Waals surface area (Å²) in [5.74, 6) is 0.657. The molecule has 1 atom stereocenters. The second kappa shape index (κ2) is 9.25. The van der Waals surface area contributed by atoms with E-state index in [0.29, 0.717) is 11.4 Å². The lowest BCUT2D eigenvalue weighted by Gasteiger charge is -2.26. The Hall–Kier alpha value is -3.99. The van der Waals surface area contributed by atoms with Crippen molar-refractivity contribution in [1.29, 1.82) is 0 Å². The number of nitrogens with one attached hydrogen (secondary N) is 2. The number of aromatic nitrogens is 2. The van der Waals surface area contributed by atoms with Gasteiger partial charge in [-0.3, -0.25) is 4.79 Å². The van der Waals surface area contributed by atoms with Gasteiger partial charge >= 0.3 is 0 Å². The molecule has 0 aliphatic heterocycles. The van der Waals surface area contributed by atoms with Crippen molar-refractivity contribution in [1.82, 2.24) is 15.3 Å². The fraction of sp³-hybridized carbons (Fsp3) is 0.179. The number of carbonyl (C=O) groups is 1. The molecule has 1 aromatic heterocycles. The highest BCUT2D eigenvalue weighted by Gasteiger charge is 2.21. The molecule has 2 N–H and O–H groups in total. The van der Waals surface area contributed by atoms with E-state index in [9.17, 15) is 4.79 Å². The van der Waals surface area contributed by atoms with Crippen molar-refractivity contribution in [3.05, 3.63) is 107 Å². The summed E-state index contributed by atoms with van der Waals surface area (Å²) < 4.78 is 0. The molecule has 0 fully saturated rings. The first-order valence-electron chi connectivity index (χ1n) is 11.3. The van der Waals surface area contributed by atoms with Crippen LogP contribution in [0.2, 0.25) is 0 Å². The SMILES string of the molecule is Cc1cccc(-c2cc(Nc3ccc(C(=O)N[C@@H]4CCCc5ccccc54)cc3)ncn2)c1. The number of hydrogen-bond acceptors (Lipinski definition) is 4. The summed E-state index contributed by atoms with van der Waals surface area (Å²) in [7, 11) is 0. The molecule has 1 heterocycles. The molecule has 1 aliphatic rings. The standard InChI is InChI=1S/C28H26N4O/c1-19-6-4-9-22(16-19)26-17-27(30-18-29-26)31-23-14-12-21(13-15-23)28(33)32-25-11-5-8-20-7-2-3-10-24(20)25/h2-4,6-7,9-10,12-18,25H,5,8,11H2,1H3,(H,32,33)(H,29,30,31)/t25-/m1/s1. The van der Waals surface area contributed by atoms with Gasteiger partial charge < -0.3 is 10.6 Å². The van der Waals surface area contributed by atoms with Gasteiger partial charge in [0.25, 0.3) is 5.91 Å². The van der Waals surface area contributed by atoms with Crippen molar-refractivity contribution in [2.75, 3.05) is 5.32 Å². The number of rotatable bonds is 5. The molecule has 33 heavy (non-hydrogen) atoms. The van der Waals surface area contributed by atoms with E-state index in [2.05, 4.69) is 57.9 Å².